The molecule has 8 heteroatoms. The van der Waals surface area contributed by atoms with Gasteiger partial charge in [-0.1, -0.05) is 6.07 Å². The summed E-state index contributed by atoms with van der Waals surface area (Å²) in [5, 5.41) is 11.7. The van der Waals surface area contributed by atoms with Crippen LogP contribution in [0.2, 0.25) is 0 Å². The fourth-order valence-corrected chi connectivity index (χ4v) is 2.97. The van der Waals surface area contributed by atoms with E-state index >= 15 is 0 Å². The van der Waals surface area contributed by atoms with Crippen molar-refractivity contribution in [1.29, 1.82) is 0 Å². The van der Waals surface area contributed by atoms with Crippen molar-refractivity contribution >= 4 is 27.6 Å². The summed E-state index contributed by atoms with van der Waals surface area (Å²) in [4.78, 5) is 23.4. The van der Waals surface area contributed by atoms with E-state index in [9.17, 15) is 18.0 Å². The number of sulfonamides is 1. The van der Waals surface area contributed by atoms with Crippen molar-refractivity contribution in [1.82, 2.24) is 4.31 Å². The van der Waals surface area contributed by atoms with Crippen LogP contribution in [0.3, 0.4) is 0 Å². The highest BCUT2D eigenvalue weighted by atomic mass is 32.2. The third-order valence-electron chi connectivity index (χ3n) is 3.63. The minimum Gasteiger partial charge on any atom is -0.478 e. The van der Waals surface area contributed by atoms with E-state index in [-0.39, 0.29) is 16.0 Å². The standard InChI is InChI=1S/C17H18N2O5S/c1-11-4-5-13(17(21)22)10-15(11)18-16(20)12-6-8-14(9-7-12)25(23,24)19(2)3/h4-10H,1-3H3,(H,18,20)(H,21,22). The highest BCUT2D eigenvalue weighted by Gasteiger charge is 2.18. The Kier molecular flexibility index (Phi) is 5.24. The van der Waals surface area contributed by atoms with Gasteiger partial charge in [-0.15, -0.1) is 0 Å². The molecule has 25 heavy (non-hydrogen) atoms. The van der Waals surface area contributed by atoms with Crippen LogP contribution >= 0.6 is 0 Å². The monoisotopic (exact) mass is 362 g/mol. The second kappa shape index (κ2) is 7.04. The summed E-state index contributed by atoms with van der Waals surface area (Å²) in [7, 11) is -0.714. The lowest BCUT2D eigenvalue weighted by atomic mass is 10.1. The Morgan fingerprint density at radius 1 is 1.00 bits per heavy atom. The molecule has 7 nitrogen and oxygen atoms in total. The predicted octanol–water partition coefficient (Wildman–Crippen LogP) is 2.20. The number of hydrogen-bond acceptors (Lipinski definition) is 4. The van der Waals surface area contributed by atoms with Gasteiger partial charge in [0, 0.05) is 25.3 Å². The number of aryl methyl sites for hydroxylation is 1. The van der Waals surface area contributed by atoms with E-state index in [4.69, 9.17) is 5.11 Å². The first-order valence-corrected chi connectivity index (χ1v) is 8.75. The summed E-state index contributed by atoms with van der Waals surface area (Å²) in [6.45, 7) is 1.74. The molecule has 0 saturated carbocycles. The highest BCUT2D eigenvalue weighted by molar-refractivity contribution is 7.89. The van der Waals surface area contributed by atoms with Gasteiger partial charge < -0.3 is 10.4 Å². The Bertz CT molecular complexity index is 919. The Morgan fingerprint density at radius 2 is 1.56 bits per heavy atom. The van der Waals surface area contributed by atoms with Crippen molar-refractivity contribution in [2.45, 2.75) is 11.8 Å². The molecule has 2 rings (SSSR count). The van der Waals surface area contributed by atoms with E-state index < -0.39 is 21.9 Å². The molecule has 132 valence electrons. The van der Waals surface area contributed by atoms with Crippen LogP contribution in [-0.2, 0) is 10.0 Å². The molecule has 2 N–H and O–H groups in total. The van der Waals surface area contributed by atoms with Crippen molar-refractivity contribution in [2.24, 2.45) is 0 Å². The van der Waals surface area contributed by atoms with Crippen LogP contribution in [0, 0.1) is 6.92 Å². The van der Waals surface area contributed by atoms with Crippen LogP contribution in [0.5, 0.6) is 0 Å². The van der Waals surface area contributed by atoms with Crippen molar-refractivity contribution in [3.8, 4) is 0 Å². The zero-order valence-corrected chi connectivity index (χ0v) is 14.8. The van der Waals surface area contributed by atoms with Gasteiger partial charge in [-0.2, -0.15) is 0 Å². The van der Waals surface area contributed by atoms with E-state index in [0.29, 0.717) is 11.3 Å². The van der Waals surface area contributed by atoms with Crippen molar-refractivity contribution < 1.29 is 23.1 Å². The summed E-state index contributed by atoms with van der Waals surface area (Å²) in [5.74, 6) is -1.55. The Labute approximate surface area is 146 Å². The zero-order chi connectivity index (χ0) is 18.8. The molecule has 1 amide bonds. The van der Waals surface area contributed by atoms with E-state index in [2.05, 4.69) is 5.32 Å². The number of benzene rings is 2. The van der Waals surface area contributed by atoms with E-state index in [1.54, 1.807) is 13.0 Å². The van der Waals surface area contributed by atoms with Gasteiger partial charge in [0.2, 0.25) is 10.0 Å². The number of anilines is 1. The van der Waals surface area contributed by atoms with Gasteiger partial charge in [-0.05, 0) is 48.9 Å². The van der Waals surface area contributed by atoms with Gasteiger partial charge in [-0.3, -0.25) is 4.79 Å². The summed E-state index contributed by atoms with van der Waals surface area (Å²) < 4.78 is 25.1. The summed E-state index contributed by atoms with van der Waals surface area (Å²) in [6, 6.07) is 9.94. The molecular weight excluding hydrogens is 344 g/mol. The fraction of sp³-hybridized carbons (Fsp3) is 0.176. The number of nitrogens with one attached hydrogen (secondary N) is 1. The minimum atomic E-state index is -3.56. The van der Waals surface area contributed by atoms with Gasteiger partial charge in [0.05, 0.1) is 10.5 Å². The first kappa shape index (κ1) is 18.6. The number of amides is 1. The molecule has 0 aliphatic rings. The fourth-order valence-electron chi connectivity index (χ4n) is 2.07. The van der Waals surface area contributed by atoms with Gasteiger partial charge >= 0.3 is 5.97 Å². The average molecular weight is 362 g/mol. The summed E-state index contributed by atoms with van der Waals surface area (Å²) in [6.07, 6.45) is 0. The average Bonchev–Trinajstić information content (AvgIpc) is 2.56. The maximum absolute atomic E-state index is 12.3. The molecule has 0 fully saturated rings. The number of aromatic carboxylic acids is 1. The quantitative estimate of drug-likeness (QED) is 0.848. The van der Waals surface area contributed by atoms with Crippen LogP contribution in [0.15, 0.2) is 47.4 Å². The molecule has 0 unspecified atom stereocenters. The van der Waals surface area contributed by atoms with Crippen LogP contribution in [0.1, 0.15) is 26.3 Å². The van der Waals surface area contributed by atoms with Crippen LogP contribution in [-0.4, -0.2) is 43.8 Å². The number of hydrogen-bond donors (Lipinski definition) is 2. The first-order chi connectivity index (χ1) is 11.6. The molecular formula is C17H18N2O5S. The van der Waals surface area contributed by atoms with Gasteiger partial charge in [-0.25, -0.2) is 17.5 Å². The maximum Gasteiger partial charge on any atom is 0.335 e. The molecule has 0 heterocycles. The largest absolute Gasteiger partial charge is 0.478 e. The first-order valence-electron chi connectivity index (χ1n) is 7.31. The van der Waals surface area contributed by atoms with Crippen molar-refractivity contribution in [2.75, 3.05) is 19.4 Å². The molecule has 2 aromatic rings. The topological polar surface area (TPSA) is 104 Å². The number of carbonyl (C=O) groups excluding carboxylic acids is 1. The maximum atomic E-state index is 12.3. The van der Waals surface area contributed by atoms with Crippen molar-refractivity contribution in [3.63, 3.8) is 0 Å². The van der Waals surface area contributed by atoms with Crippen molar-refractivity contribution in [3.05, 3.63) is 59.2 Å². The number of carboxylic acid groups (broad SMARTS) is 1. The molecule has 0 atom stereocenters. The summed E-state index contributed by atoms with van der Waals surface area (Å²) >= 11 is 0. The minimum absolute atomic E-state index is 0.0633. The molecule has 0 radical (unpaired) electrons. The Morgan fingerprint density at radius 3 is 2.08 bits per heavy atom. The van der Waals surface area contributed by atoms with Gasteiger partial charge in [0.1, 0.15) is 0 Å². The lowest BCUT2D eigenvalue weighted by molar-refractivity contribution is 0.0696. The Hall–Kier alpha value is -2.71. The lowest BCUT2D eigenvalue weighted by Crippen LogP contribution is -2.22. The number of nitrogens with zero attached hydrogens (tertiary/aromatic N) is 1. The molecule has 0 aliphatic carbocycles. The van der Waals surface area contributed by atoms with Gasteiger partial charge in [0.25, 0.3) is 5.91 Å². The van der Waals surface area contributed by atoms with Gasteiger partial charge in [0.15, 0.2) is 0 Å². The van der Waals surface area contributed by atoms with E-state index in [1.807, 2.05) is 0 Å². The molecule has 0 spiro atoms. The molecule has 0 bridgehead atoms. The molecule has 0 saturated heterocycles. The smallest absolute Gasteiger partial charge is 0.335 e. The van der Waals surface area contributed by atoms with E-state index in [1.165, 1.54) is 50.5 Å². The normalized spacial score (nSPS) is 11.4. The SMILES string of the molecule is Cc1ccc(C(=O)O)cc1NC(=O)c1ccc(S(=O)(=O)N(C)C)cc1. The molecule has 0 aliphatic heterocycles. The van der Waals surface area contributed by atoms with Crippen LogP contribution in [0.25, 0.3) is 0 Å². The predicted molar refractivity (Wildman–Crippen MR) is 93.4 cm³/mol. The van der Waals surface area contributed by atoms with Crippen LogP contribution in [0.4, 0.5) is 5.69 Å². The second-order valence-electron chi connectivity index (χ2n) is 5.60. The van der Waals surface area contributed by atoms with E-state index in [0.717, 1.165) is 4.31 Å². The second-order valence-corrected chi connectivity index (χ2v) is 7.75. The molecule has 0 aromatic heterocycles. The lowest BCUT2D eigenvalue weighted by Gasteiger charge is -2.12. The highest BCUT2D eigenvalue weighted by Crippen LogP contribution is 2.19. The number of rotatable bonds is 5. The third-order valence-corrected chi connectivity index (χ3v) is 5.46. The summed E-state index contributed by atoms with van der Waals surface area (Å²) in [5.41, 5.74) is 1.42. The van der Waals surface area contributed by atoms with Crippen LogP contribution < -0.4 is 5.32 Å². The number of carboxylic acids is 1. The Balaban J connectivity index is 2.25. The number of carbonyl (C=O) groups is 2. The third kappa shape index (κ3) is 4.04. The zero-order valence-electron chi connectivity index (χ0n) is 14.0. The molecule has 2 aromatic carbocycles.